The number of likely N-dealkylation sites (tertiary alicyclic amines) is 1. The monoisotopic (exact) mass is 354 g/mol. The number of likely N-dealkylation sites (N-methyl/N-ethyl adjacent to an activating group) is 1. The van der Waals surface area contributed by atoms with Gasteiger partial charge in [-0.05, 0) is 43.7 Å². The summed E-state index contributed by atoms with van der Waals surface area (Å²) in [6, 6.07) is 1.20. The lowest BCUT2D eigenvalue weighted by molar-refractivity contribution is -0.123. The first kappa shape index (κ1) is 18.5. The number of piperazine rings is 1. The molecule has 0 atom stereocenters. The van der Waals surface area contributed by atoms with E-state index in [0.29, 0.717) is 12.6 Å². The topological polar surface area (TPSA) is 38.8 Å². The molecule has 0 spiro atoms. The van der Waals surface area contributed by atoms with Gasteiger partial charge in [0.15, 0.2) is 0 Å². The predicted molar refractivity (Wildman–Crippen MR) is 102 cm³/mol. The van der Waals surface area contributed by atoms with Crippen molar-refractivity contribution < 1.29 is 4.79 Å². The molecule has 3 aliphatic rings. The summed E-state index contributed by atoms with van der Waals surface area (Å²) in [6.45, 7) is 10.5. The van der Waals surface area contributed by atoms with Crippen LogP contribution in [0.3, 0.4) is 0 Å². The minimum Gasteiger partial charge on any atom is -0.352 e. The minimum atomic E-state index is 0.229. The van der Waals surface area contributed by atoms with E-state index in [1.165, 1.54) is 24.3 Å². The molecule has 138 valence electrons. The number of amides is 1. The van der Waals surface area contributed by atoms with E-state index in [-0.39, 0.29) is 5.91 Å². The van der Waals surface area contributed by atoms with E-state index in [4.69, 9.17) is 0 Å². The summed E-state index contributed by atoms with van der Waals surface area (Å²) < 4.78 is 0. The molecule has 0 aromatic heterocycles. The Morgan fingerprint density at radius 1 is 0.958 bits per heavy atom. The van der Waals surface area contributed by atoms with Gasteiger partial charge in [0.1, 0.15) is 0 Å². The van der Waals surface area contributed by atoms with Crippen LogP contribution in [0.15, 0.2) is 0 Å². The zero-order chi connectivity index (χ0) is 16.8. The molecule has 0 radical (unpaired) electrons. The second-order valence-corrected chi connectivity index (χ2v) is 8.66. The summed E-state index contributed by atoms with van der Waals surface area (Å²) in [4.78, 5) is 19.8. The summed E-state index contributed by atoms with van der Waals surface area (Å²) in [5.74, 6) is 2.88. The summed E-state index contributed by atoms with van der Waals surface area (Å²) in [6.07, 6.45) is 4.95. The Hall–Kier alpha value is -0.300. The highest BCUT2D eigenvalue weighted by Gasteiger charge is 2.27. The SMILES string of the molecule is CCN1CCN(CC(=O)NC2CCN(C3CCSCC3)CC2)CC1. The van der Waals surface area contributed by atoms with Crippen molar-refractivity contribution in [3.8, 4) is 0 Å². The molecule has 3 heterocycles. The maximum Gasteiger partial charge on any atom is 0.234 e. The number of piperidine rings is 1. The van der Waals surface area contributed by atoms with Crippen LogP contribution in [0.2, 0.25) is 0 Å². The third kappa shape index (κ3) is 5.35. The maximum absolute atomic E-state index is 12.3. The maximum atomic E-state index is 12.3. The van der Waals surface area contributed by atoms with Gasteiger partial charge in [0, 0.05) is 51.4 Å². The summed E-state index contributed by atoms with van der Waals surface area (Å²) in [5.41, 5.74) is 0. The predicted octanol–water partition coefficient (Wildman–Crippen LogP) is 1.10. The molecular formula is C18H34N4OS. The molecule has 0 unspecified atom stereocenters. The smallest absolute Gasteiger partial charge is 0.234 e. The number of hydrogen-bond donors (Lipinski definition) is 1. The lowest BCUT2D eigenvalue weighted by atomic mass is 10.0. The van der Waals surface area contributed by atoms with Crippen molar-refractivity contribution in [2.45, 2.75) is 44.7 Å². The highest BCUT2D eigenvalue weighted by Crippen LogP contribution is 2.24. The Morgan fingerprint density at radius 2 is 1.58 bits per heavy atom. The van der Waals surface area contributed by atoms with Crippen LogP contribution in [0.1, 0.15) is 32.6 Å². The van der Waals surface area contributed by atoms with Crippen LogP contribution in [-0.4, -0.2) is 96.6 Å². The summed E-state index contributed by atoms with van der Waals surface area (Å²) >= 11 is 2.10. The highest BCUT2D eigenvalue weighted by molar-refractivity contribution is 7.99. The van der Waals surface area contributed by atoms with Crippen molar-refractivity contribution in [2.24, 2.45) is 0 Å². The van der Waals surface area contributed by atoms with Crippen molar-refractivity contribution in [1.29, 1.82) is 0 Å². The normalized spacial score (nSPS) is 26.5. The van der Waals surface area contributed by atoms with Crippen LogP contribution in [-0.2, 0) is 4.79 Å². The third-order valence-electron chi connectivity index (χ3n) is 5.88. The van der Waals surface area contributed by atoms with E-state index in [9.17, 15) is 4.79 Å². The third-order valence-corrected chi connectivity index (χ3v) is 6.93. The molecule has 5 nitrogen and oxygen atoms in total. The molecule has 1 N–H and O–H groups in total. The number of rotatable bonds is 5. The first-order valence-corrected chi connectivity index (χ1v) is 11.0. The van der Waals surface area contributed by atoms with Gasteiger partial charge in [-0.2, -0.15) is 11.8 Å². The second-order valence-electron chi connectivity index (χ2n) is 7.43. The van der Waals surface area contributed by atoms with Gasteiger partial charge in [-0.15, -0.1) is 0 Å². The fourth-order valence-electron chi connectivity index (χ4n) is 4.20. The van der Waals surface area contributed by atoms with Crippen LogP contribution in [0.25, 0.3) is 0 Å². The molecule has 3 saturated heterocycles. The fraction of sp³-hybridized carbons (Fsp3) is 0.944. The van der Waals surface area contributed by atoms with E-state index in [1.54, 1.807) is 0 Å². The Kier molecular flexibility index (Phi) is 7.25. The van der Waals surface area contributed by atoms with Gasteiger partial charge in [-0.3, -0.25) is 9.69 Å². The zero-order valence-electron chi connectivity index (χ0n) is 15.2. The van der Waals surface area contributed by atoms with Crippen LogP contribution >= 0.6 is 11.8 Å². The van der Waals surface area contributed by atoms with Crippen molar-refractivity contribution >= 4 is 17.7 Å². The second kappa shape index (κ2) is 9.41. The molecule has 3 aliphatic heterocycles. The molecule has 3 rings (SSSR count). The van der Waals surface area contributed by atoms with Gasteiger partial charge in [0.25, 0.3) is 0 Å². The van der Waals surface area contributed by atoms with Gasteiger partial charge in [-0.25, -0.2) is 0 Å². The number of nitrogens with one attached hydrogen (secondary N) is 1. The molecule has 0 aliphatic carbocycles. The quantitative estimate of drug-likeness (QED) is 0.800. The number of carbonyl (C=O) groups is 1. The van der Waals surface area contributed by atoms with E-state index in [0.717, 1.165) is 64.7 Å². The van der Waals surface area contributed by atoms with Crippen molar-refractivity contribution in [3.63, 3.8) is 0 Å². The Labute approximate surface area is 151 Å². The van der Waals surface area contributed by atoms with Crippen molar-refractivity contribution in [3.05, 3.63) is 0 Å². The van der Waals surface area contributed by atoms with E-state index >= 15 is 0 Å². The van der Waals surface area contributed by atoms with E-state index in [1.807, 2.05) is 0 Å². The van der Waals surface area contributed by atoms with Gasteiger partial charge < -0.3 is 15.1 Å². The lowest BCUT2D eigenvalue weighted by Crippen LogP contribution is -2.52. The lowest BCUT2D eigenvalue weighted by Gasteiger charge is -2.39. The van der Waals surface area contributed by atoms with Crippen molar-refractivity contribution in [1.82, 2.24) is 20.0 Å². The molecule has 0 aromatic carbocycles. The number of carbonyl (C=O) groups excluding carboxylic acids is 1. The Bertz CT molecular complexity index is 386. The number of nitrogens with zero attached hydrogens (tertiary/aromatic N) is 3. The Balaban J connectivity index is 1.33. The van der Waals surface area contributed by atoms with Crippen LogP contribution in [0.5, 0.6) is 0 Å². The first-order valence-electron chi connectivity index (χ1n) is 9.80. The largest absolute Gasteiger partial charge is 0.352 e. The van der Waals surface area contributed by atoms with Gasteiger partial charge >= 0.3 is 0 Å². The molecule has 6 heteroatoms. The van der Waals surface area contributed by atoms with Crippen LogP contribution in [0.4, 0.5) is 0 Å². The van der Waals surface area contributed by atoms with Gasteiger partial charge in [-0.1, -0.05) is 6.92 Å². The van der Waals surface area contributed by atoms with Crippen molar-refractivity contribution in [2.75, 3.05) is 63.9 Å². The molecule has 24 heavy (non-hydrogen) atoms. The van der Waals surface area contributed by atoms with Crippen LogP contribution in [0, 0.1) is 0 Å². The number of hydrogen-bond acceptors (Lipinski definition) is 5. The highest BCUT2D eigenvalue weighted by atomic mass is 32.2. The average molecular weight is 355 g/mol. The molecule has 3 fully saturated rings. The molecule has 0 saturated carbocycles. The van der Waals surface area contributed by atoms with E-state index < -0.39 is 0 Å². The van der Waals surface area contributed by atoms with E-state index in [2.05, 4.69) is 38.7 Å². The molecule has 0 bridgehead atoms. The minimum absolute atomic E-state index is 0.229. The molecular weight excluding hydrogens is 320 g/mol. The van der Waals surface area contributed by atoms with Gasteiger partial charge in [0.2, 0.25) is 5.91 Å². The molecule has 0 aromatic rings. The Morgan fingerprint density at radius 3 is 2.21 bits per heavy atom. The standard InChI is InChI=1S/C18H34N4OS/c1-2-20-9-11-21(12-10-20)15-18(23)19-16-3-7-22(8-4-16)17-5-13-24-14-6-17/h16-17H,2-15H2,1H3,(H,19,23). The molecule has 1 amide bonds. The summed E-state index contributed by atoms with van der Waals surface area (Å²) in [5, 5.41) is 3.29. The summed E-state index contributed by atoms with van der Waals surface area (Å²) in [7, 11) is 0. The van der Waals surface area contributed by atoms with Gasteiger partial charge in [0.05, 0.1) is 6.54 Å². The average Bonchev–Trinajstić information content (AvgIpc) is 2.64. The number of thioether (sulfide) groups is 1. The zero-order valence-corrected chi connectivity index (χ0v) is 16.0. The fourth-order valence-corrected chi connectivity index (χ4v) is 5.28. The first-order chi connectivity index (χ1) is 11.7. The van der Waals surface area contributed by atoms with Crippen LogP contribution < -0.4 is 5.32 Å².